The summed E-state index contributed by atoms with van der Waals surface area (Å²) < 4.78 is 2.28. The molecule has 0 saturated carbocycles. The molecule has 0 amide bonds. The van der Waals surface area contributed by atoms with Crippen LogP contribution in [0.25, 0.3) is 16.7 Å². The molecule has 1 aromatic carbocycles. The van der Waals surface area contributed by atoms with E-state index in [-0.39, 0.29) is 0 Å². The smallest absolute Gasteiger partial charge is 0.157 e. The first-order valence-electron chi connectivity index (χ1n) is 11.0. The zero-order chi connectivity index (χ0) is 20.7. The van der Waals surface area contributed by atoms with Crippen molar-refractivity contribution in [2.24, 2.45) is 17.8 Å². The van der Waals surface area contributed by atoms with Crippen LogP contribution in [-0.4, -0.2) is 22.5 Å². The van der Waals surface area contributed by atoms with Crippen molar-refractivity contribution in [2.75, 3.05) is 18.0 Å². The monoisotopic (exact) mass is 388 g/mol. The van der Waals surface area contributed by atoms with Gasteiger partial charge in [0.05, 0.1) is 16.6 Å². The third-order valence-corrected chi connectivity index (χ3v) is 6.35. The third-order valence-electron chi connectivity index (χ3n) is 6.35. The summed E-state index contributed by atoms with van der Waals surface area (Å²) in [7, 11) is 0. The molecule has 0 N–H and O–H groups in total. The number of para-hydroxylation sites is 2. The second-order valence-corrected chi connectivity index (χ2v) is 9.46. The molecule has 0 bridgehead atoms. The highest BCUT2D eigenvalue weighted by molar-refractivity contribution is 5.86. The number of hydrogen-bond donors (Lipinski definition) is 0. The SMILES string of the molecule is Cc1c(CCC(C)C)c(N2C[C@H](C)C[C@H](C)C2)n2c(nc3ccccc32)c1C#N. The summed E-state index contributed by atoms with van der Waals surface area (Å²) in [4.78, 5) is 7.46. The number of benzene rings is 1. The normalized spacial score (nSPS) is 20.0. The Morgan fingerprint density at radius 2 is 1.86 bits per heavy atom. The molecule has 1 aliphatic heterocycles. The van der Waals surface area contributed by atoms with Crippen molar-refractivity contribution in [3.05, 3.63) is 41.0 Å². The van der Waals surface area contributed by atoms with Crippen molar-refractivity contribution >= 4 is 22.5 Å². The van der Waals surface area contributed by atoms with E-state index in [9.17, 15) is 5.26 Å². The maximum atomic E-state index is 10.0. The van der Waals surface area contributed by atoms with Crippen LogP contribution in [0.2, 0.25) is 0 Å². The Hall–Kier alpha value is -2.54. The summed E-state index contributed by atoms with van der Waals surface area (Å²) in [6, 6.07) is 10.8. The topological polar surface area (TPSA) is 44.3 Å². The summed E-state index contributed by atoms with van der Waals surface area (Å²) in [5, 5.41) is 10.0. The number of aromatic nitrogens is 2. The van der Waals surface area contributed by atoms with Crippen molar-refractivity contribution in [1.82, 2.24) is 9.38 Å². The number of pyridine rings is 1. The average molecular weight is 389 g/mol. The zero-order valence-electron chi connectivity index (χ0n) is 18.4. The van der Waals surface area contributed by atoms with Gasteiger partial charge in [0.25, 0.3) is 0 Å². The van der Waals surface area contributed by atoms with E-state index < -0.39 is 0 Å². The number of piperidine rings is 1. The largest absolute Gasteiger partial charge is 0.357 e. The molecule has 4 rings (SSSR count). The van der Waals surface area contributed by atoms with Crippen LogP contribution in [0.5, 0.6) is 0 Å². The number of nitriles is 1. The van der Waals surface area contributed by atoms with E-state index in [1.807, 2.05) is 6.07 Å². The lowest BCUT2D eigenvalue weighted by Gasteiger charge is -2.38. The van der Waals surface area contributed by atoms with Gasteiger partial charge in [-0.15, -0.1) is 0 Å². The lowest BCUT2D eigenvalue weighted by molar-refractivity contribution is 0.354. The van der Waals surface area contributed by atoms with Gasteiger partial charge in [0.2, 0.25) is 0 Å². The Labute approximate surface area is 174 Å². The van der Waals surface area contributed by atoms with Crippen molar-refractivity contribution in [3.63, 3.8) is 0 Å². The van der Waals surface area contributed by atoms with Crippen LogP contribution < -0.4 is 4.90 Å². The van der Waals surface area contributed by atoms with Crippen LogP contribution in [-0.2, 0) is 6.42 Å². The van der Waals surface area contributed by atoms with E-state index in [1.54, 1.807) is 0 Å². The molecule has 3 aromatic rings. The molecule has 2 atom stereocenters. The highest BCUT2D eigenvalue weighted by atomic mass is 15.2. The van der Waals surface area contributed by atoms with Gasteiger partial charge in [-0.25, -0.2) is 4.98 Å². The number of hydrogen-bond acceptors (Lipinski definition) is 3. The minimum atomic E-state index is 0.627. The first-order chi connectivity index (χ1) is 13.9. The van der Waals surface area contributed by atoms with Crippen LogP contribution in [0.3, 0.4) is 0 Å². The lowest BCUT2D eigenvalue weighted by Crippen LogP contribution is -2.40. The van der Waals surface area contributed by atoms with E-state index in [2.05, 4.69) is 68.2 Å². The number of imidazole rings is 1. The Balaban J connectivity index is 2.06. The molecular formula is C25H32N4. The quantitative estimate of drug-likeness (QED) is 0.572. The Kier molecular flexibility index (Phi) is 5.25. The molecule has 4 heteroatoms. The second-order valence-electron chi connectivity index (χ2n) is 9.46. The fourth-order valence-corrected chi connectivity index (χ4v) is 5.06. The summed E-state index contributed by atoms with van der Waals surface area (Å²) in [5.74, 6) is 3.22. The zero-order valence-corrected chi connectivity index (χ0v) is 18.4. The summed E-state index contributed by atoms with van der Waals surface area (Å²) >= 11 is 0. The Morgan fingerprint density at radius 3 is 2.52 bits per heavy atom. The van der Waals surface area contributed by atoms with Crippen molar-refractivity contribution in [1.29, 1.82) is 5.26 Å². The predicted octanol–water partition coefficient (Wildman–Crippen LogP) is 5.74. The van der Waals surface area contributed by atoms with Gasteiger partial charge in [-0.3, -0.25) is 4.40 Å². The summed E-state index contributed by atoms with van der Waals surface area (Å²) in [6.07, 6.45) is 3.39. The van der Waals surface area contributed by atoms with Crippen LogP contribution in [0.4, 0.5) is 5.82 Å². The van der Waals surface area contributed by atoms with E-state index in [1.165, 1.54) is 17.8 Å². The molecule has 2 aromatic heterocycles. The van der Waals surface area contributed by atoms with Crippen LogP contribution >= 0.6 is 0 Å². The maximum Gasteiger partial charge on any atom is 0.157 e. The molecule has 1 aliphatic rings. The third kappa shape index (κ3) is 3.48. The fraction of sp³-hybridized carbons (Fsp3) is 0.520. The predicted molar refractivity (Wildman–Crippen MR) is 120 cm³/mol. The molecule has 3 heterocycles. The van der Waals surface area contributed by atoms with Crippen molar-refractivity contribution in [2.45, 2.75) is 53.9 Å². The fourth-order valence-electron chi connectivity index (χ4n) is 5.06. The highest BCUT2D eigenvalue weighted by Gasteiger charge is 2.29. The molecule has 4 nitrogen and oxygen atoms in total. The Bertz CT molecular complexity index is 1080. The second kappa shape index (κ2) is 7.71. The molecule has 1 fully saturated rings. The number of fused-ring (bicyclic) bond motifs is 3. The molecule has 152 valence electrons. The summed E-state index contributed by atoms with van der Waals surface area (Å²) in [5.41, 5.74) is 6.03. The minimum Gasteiger partial charge on any atom is -0.357 e. The van der Waals surface area contributed by atoms with E-state index in [0.29, 0.717) is 17.8 Å². The minimum absolute atomic E-state index is 0.627. The molecule has 0 radical (unpaired) electrons. The van der Waals surface area contributed by atoms with E-state index in [4.69, 9.17) is 4.98 Å². The molecule has 29 heavy (non-hydrogen) atoms. The van der Waals surface area contributed by atoms with Crippen LogP contribution in [0, 0.1) is 36.0 Å². The van der Waals surface area contributed by atoms with Gasteiger partial charge < -0.3 is 4.90 Å². The van der Waals surface area contributed by atoms with Crippen molar-refractivity contribution in [3.8, 4) is 6.07 Å². The molecule has 0 aliphatic carbocycles. The highest BCUT2D eigenvalue weighted by Crippen LogP contribution is 2.37. The molecule has 0 spiro atoms. The molecule has 0 unspecified atom stereocenters. The lowest BCUT2D eigenvalue weighted by atomic mass is 9.90. The van der Waals surface area contributed by atoms with Crippen molar-refractivity contribution < 1.29 is 0 Å². The van der Waals surface area contributed by atoms with E-state index in [0.717, 1.165) is 53.7 Å². The number of nitrogens with zero attached hydrogens (tertiary/aromatic N) is 4. The van der Waals surface area contributed by atoms with Crippen LogP contribution in [0.15, 0.2) is 24.3 Å². The molecular weight excluding hydrogens is 356 g/mol. The van der Waals surface area contributed by atoms with Gasteiger partial charge in [-0.05, 0) is 67.2 Å². The van der Waals surface area contributed by atoms with Crippen LogP contribution in [0.1, 0.15) is 57.2 Å². The standard InChI is InChI=1S/C25H32N4/c1-16(2)10-11-20-19(5)21(13-26)24-27-22-8-6-7-9-23(22)29(24)25(20)28-14-17(3)12-18(4)15-28/h6-9,16-18H,10-12,14-15H2,1-5H3/t17-,18+. The van der Waals surface area contributed by atoms with Gasteiger partial charge in [0.1, 0.15) is 11.9 Å². The average Bonchev–Trinajstić information content (AvgIpc) is 3.04. The number of anilines is 1. The van der Waals surface area contributed by atoms with Gasteiger partial charge >= 0.3 is 0 Å². The summed E-state index contributed by atoms with van der Waals surface area (Å²) in [6.45, 7) is 13.5. The van der Waals surface area contributed by atoms with Gasteiger partial charge in [-0.2, -0.15) is 5.26 Å². The first kappa shape index (κ1) is 19.8. The van der Waals surface area contributed by atoms with Gasteiger partial charge in [0, 0.05) is 13.1 Å². The van der Waals surface area contributed by atoms with Gasteiger partial charge in [-0.1, -0.05) is 39.8 Å². The Morgan fingerprint density at radius 1 is 1.17 bits per heavy atom. The molecule has 1 saturated heterocycles. The van der Waals surface area contributed by atoms with Gasteiger partial charge in [0.15, 0.2) is 5.65 Å². The maximum absolute atomic E-state index is 10.0. The first-order valence-corrected chi connectivity index (χ1v) is 11.0. The number of rotatable bonds is 4. The van der Waals surface area contributed by atoms with E-state index >= 15 is 0 Å².